The SMILES string of the molecule is C=C(C)Nc1c(OC)ccc(/C(C=NC)=C/C)c1C. The first-order valence-corrected chi connectivity index (χ1v) is 6.24. The van der Waals surface area contributed by atoms with Crippen LogP contribution in [-0.4, -0.2) is 20.4 Å². The largest absolute Gasteiger partial charge is 0.495 e. The van der Waals surface area contributed by atoms with Crippen molar-refractivity contribution < 1.29 is 4.74 Å². The molecule has 0 amide bonds. The molecule has 0 spiro atoms. The van der Waals surface area contributed by atoms with Crippen molar-refractivity contribution in [1.82, 2.24) is 0 Å². The van der Waals surface area contributed by atoms with E-state index in [1.807, 2.05) is 32.2 Å². The maximum Gasteiger partial charge on any atom is 0.142 e. The van der Waals surface area contributed by atoms with Crippen molar-refractivity contribution in [2.45, 2.75) is 20.8 Å². The number of rotatable bonds is 5. The van der Waals surface area contributed by atoms with E-state index in [2.05, 4.69) is 29.9 Å². The minimum absolute atomic E-state index is 0.813. The van der Waals surface area contributed by atoms with Crippen molar-refractivity contribution in [3.05, 3.63) is 41.6 Å². The number of nitrogens with one attached hydrogen (secondary N) is 1. The summed E-state index contributed by atoms with van der Waals surface area (Å²) < 4.78 is 5.40. The maximum atomic E-state index is 5.40. The average molecular weight is 258 g/mol. The molecule has 0 saturated carbocycles. The Bertz CT molecular complexity index is 528. The van der Waals surface area contributed by atoms with Gasteiger partial charge in [0, 0.05) is 19.0 Å². The van der Waals surface area contributed by atoms with Crippen LogP contribution in [0.5, 0.6) is 5.75 Å². The van der Waals surface area contributed by atoms with Gasteiger partial charge in [0.2, 0.25) is 0 Å². The van der Waals surface area contributed by atoms with Gasteiger partial charge in [-0.25, -0.2) is 0 Å². The van der Waals surface area contributed by atoms with E-state index in [9.17, 15) is 0 Å². The lowest BCUT2D eigenvalue weighted by atomic mass is 9.98. The number of hydrogen-bond acceptors (Lipinski definition) is 3. The molecule has 3 nitrogen and oxygen atoms in total. The maximum absolute atomic E-state index is 5.40. The van der Waals surface area contributed by atoms with Gasteiger partial charge in [0.05, 0.1) is 12.8 Å². The molecule has 1 aromatic carbocycles. The van der Waals surface area contributed by atoms with Crippen LogP contribution >= 0.6 is 0 Å². The van der Waals surface area contributed by atoms with Gasteiger partial charge in [-0.2, -0.15) is 0 Å². The Hall–Kier alpha value is -2.03. The number of aliphatic imine (C=N–C) groups is 1. The molecule has 0 aromatic heterocycles. The molecule has 0 aliphatic heterocycles. The Morgan fingerprint density at radius 2 is 2.11 bits per heavy atom. The summed E-state index contributed by atoms with van der Waals surface area (Å²) in [6.45, 7) is 9.89. The molecule has 102 valence electrons. The van der Waals surface area contributed by atoms with E-state index >= 15 is 0 Å². The second-order valence-corrected chi connectivity index (χ2v) is 4.35. The van der Waals surface area contributed by atoms with Crippen LogP contribution in [0.15, 0.2) is 35.5 Å². The van der Waals surface area contributed by atoms with Gasteiger partial charge in [0.25, 0.3) is 0 Å². The van der Waals surface area contributed by atoms with Crippen LogP contribution in [0.3, 0.4) is 0 Å². The Kier molecular flexibility index (Phi) is 5.37. The quantitative estimate of drug-likeness (QED) is 0.808. The lowest BCUT2D eigenvalue weighted by Gasteiger charge is -2.17. The predicted octanol–water partition coefficient (Wildman–Crippen LogP) is 4.05. The van der Waals surface area contributed by atoms with Gasteiger partial charge in [0.1, 0.15) is 5.75 Å². The van der Waals surface area contributed by atoms with E-state index in [1.54, 1.807) is 14.2 Å². The van der Waals surface area contributed by atoms with E-state index in [4.69, 9.17) is 4.74 Å². The Morgan fingerprint density at radius 3 is 2.58 bits per heavy atom. The van der Waals surface area contributed by atoms with Crippen molar-refractivity contribution in [1.29, 1.82) is 0 Å². The Labute approximate surface area is 115 Å². The summed E-state index contributed by atoms with van der Waals surface area (Å²) in [6.07, 6.45) is 3.91. The topological polar surface area (TPSA) is 33.6 Å². The second-order valence-electron chi connectivity index (χ2n) is 4.35. The lowest BCUT2D eigenvalue weighted by Crippen LogP contribution is -2.02. The highest BCUT2D eigenvalue weighted by Crippen LogP contribution is 2.34. The fraction of sp³-hybridized carbons (Fsp3) is 0.312. The summed E-state index contributed by atoms with van der Waals surface area (Å²) in [5.41, 5.74) is 5.18. The van der Waals surface area contributed by atoms with Gasteiger partial charge in [-0.15, -0.1) is 0 Å². The average Bonchev–Trinajstić information content (AvgIpc) is 2.38. The van der Waals surface area contributed by atoms with Crippen LogP contribution < -0.4 is 10.1 Å². The lowest BCUT2D eigenvalue weighted by molar-refractivity contribution is 0.416. The molecular formula is C16H22N2O. The molecule has 0 bridgehead atoms. The molecule has 0 aliphatic rings. The zero-order chi connectivity index (χ0) is 14.4. The smallest absolute Gasteiger partial charge is 0.142 e. The van der Waals surface area contributed by atoms with E-state index in [-0.39, 0.29) is 0 Å². The van der Waals surface area contributed by atoms with Crippen LogP contribution in [0.2, 0.25) is 0 Å². The molecule has 0 fully saturated rings. The highest BCUT2D eigenvalue weighted by molar-refractivity contribution is 6.10. The third-order valence-corrected chi connectivity index (χ3v) is 2.88. The highest BCUT2D eigenvalue weighted by Gasteiger charge is 2.12. The first kappa shape index (κ1) is 15.0. The summed E-state index contributed by atoms with van der Waals surface area (Å²) in [7, 11) is 3.44. The number of nitrogens with zero attached hydrogens (tertiary/aromatic N) is 1. The number of anilines is 1. The fourth-order valence-corrected chi connectivity index (χ4v) is 1.98. The van der Waals surface area contributed by atoms with Crippen LogP contribution in [0.1, 0.15) is 25.0 Å². The fourth-order valence-electron chi connectivity index (χ4n) is 1.98. The molecule has 1 rings (SSSR count). The number of methoxy groups -OCH3 is 1. The van der Waals surface area contributed by atoms with Gasteiger partial charge in [0.15, 0.2) is 0 Å². The molecule has 1 aromatic rings. The van der Waals surface area contributed by atoms with Crippen molar-refractivity contribution in [3.8, 4) is 5.75 Å². The first-order valence-electron chi connectivity index (χ1n) is 6.24. The number of allylic oxidation sites excluding steroid dienone is 3. The van der Waals surface area contributed by atoms with Gasteiger partial charge in [-0.3, -0.25) is 4.99 Å². The van der Waals surface area contributed by atoms with E-state index < -0.39 is 0 Å². The van der Waals surface area contributed by atoms with Crippen molar-refractivity contribution in [2.24, 2.45) is 4.99 Å². The Balaban J connectivity index is 3.41. The summed E-state index contributed by atoms with van der Waals surface area (Å²) in [6, 6.07) is 4.01. The minimum Gasteiger partial charge on any atom is -0.495 e. The molecule has 0 atom stereocenters. The van der Waals surface area contributed by atoms with Gasteiger partial charge >= 0.3 is 0 Å². The summed E-state index contributed by atoms with van der Waals surface area (Å²) in [4.78, 5) is 4.10. The number of ether oxygens (including phenoxy) is 1. The van der Waals surface area contributed by atoms with Gasteiger partial charge in [-0.05, 0) is 43.5 Å². The van der Waals surface area contributed by atoms with Gasteiger partial charge < -0.3 is 10.1 Å². The minimum atomic E-state index is 0.813. The van der Waals surface area contributed by atoms with E-state index in [0.29, 0.717) is 0 Å². The molecule has 0 unspecified atom stereocenters. The molecule has 0 saturated heterocycles. The van der Waals surface area contributed by atoms with Crippen LogP contribution in [0.25, 0.3) is 5.57 Å². The molecule has 3 heteroatoms. The first-order chi connectivity index (χ1) is 9.04. The van der Waals surface area contributed by atoms with Crippen molar-refractivity contribution >= 4 is 17.5 Å². The predicted molar refractivity (Wildman–Crippen MR) is 84.2 cm³/mol. The molecule has 0 heterocycles. The zero-order valence-electron chi connectivity index (χ0n) is 12.4. The van der Waals surface area contributed by atoms with E-state index in [0.717, 1.165) is 33.8 Å². The third kappa shape index (κ3) is 3.47. The van der Waals surface area contributed by atoms with Crippen LogP contribution in [0, 0.1) is 6.92 Å². The summed E-state index contributed by atoms with van der Waals surface area (Å²) in [5, 5.41) is 3.26. The summed E-state index contributed by atoms with van der Waals surface area (Å²) in [5.74, 6) is 0.813. The Morgan fingerprint density at radius 1 is 1.42 bits per heavy atom. The van der Waals surface area contributed by atoms with Crippen molar-refractivity contribution in [3.63, 3.8) is 0 Å². The molecule has 1 N–H and O–H groups in total. The molecule has 19 heavy (non-hydrogen) atoms. The van der Waals surface area contributed by atoms with Crippen molar-refractivity contribution in [2.75, 3.05) is 19.5 Å². The van der Waals surface area contributed by atoms with Crippen LogP contribution in [0.4, 0.5) is 5.69 Å². The standard InChI is InChI=1S/C16H22N2O/c1-7-13(10-17-5)14-8-9-15(19-6)16(12(14)4)18-11(2)3/h7-10,18H,2H2,1,3-6H3/b13-7+,17-10?. The second kappa shape index (κ2) is 6.78. The van der Waals surface area contributed by atoms with E-state index in [1.165, 1.54) is 0 Å². The number of hydrogen-bond donors (Lipinski definition) is 1. The molecule has 0 aliphatic carbocycles. The van der Waals surface area contributed by atoms with Crippen LogP contribution in [-0.2, 0) is 0 Å². The zero-order valence-corrected chi connectivity index (χ0v) is 12.4. The molecule has 0 radical (unpaired) electrons. The van der Waals surface area contributed by atoms with Gasteiger partial charge in [-0.1, -0.05) is 18.7 Å². The number of benzene rings is 1. The molecular weight excluding hydrogens is 236 g/mol. The normalized spacial score (nSPS) is 11.7. The highest BCUT2D eigenvalue weighted by atomic mass is 16.5. The summed E-state index contributed by atoms with van der Waals surface area (Å²) >= 11 is 0. The third-order valence-electron chi connectivity index (χ3n) is 2.88. The monoisotopic (exact) mass is 258 g/mol.